The van der Waals surface area contributed by atoms with Gasteiger partial charge in [-0.25, -0.2) is 5.01 Å². The molecule has 1 aromatic heterocycles. The highest BCUT2D eigenvalue weighted by Crippen LogP contribution is 2.45. The van der Waals surface area contributed by atoms with Gasteiger partial charge in [0.15, 0.2) is 5.69 Å². The molecule has 0 radical (unpaired) electrons. The SMILES string of the molecule is CCn1cc(Cl)c(C(=O)N2N=C3/C(=C/c4ccc(OC)cc4)CCC[C@@H]3[C@@H]2c2ccc(OC)cc2)n1. The molecular weight excluding hydrogens is 476 g/mol. The molecule has 1 amide bonds. The summed E-state index contributed by atoms with van der Waals surface area (Å²) in [6.45, 7) is 2.58. The largest absolute Gasteiger partial charge is 0.497 e. The van der Waals surface area contributed by atoms with Crippen LogP contribution in [0.25, 0.3) is 6.08 Å². The minimum Gasteiger partial charge on any atom is -0.497 e. The Bertz CT molecular complexity index is 1310. The molecule has 1 aliphatic heterocycles. The minimum atomic E-state index is -0.293. The lowest BCUT2D eigenvalue weighted by atomic mass is 9.77. The van der Waals surface area contributed by atoms with E-state index in [0.717, 1.165) is 53.2 Å². The van der Waals surface area contributed by atoms with E-state index in [-0.39, 0.29) is 23.6 Å². The lowest BCUT2D eigenvalue weighted by Gasteiger charge is -2.29. The van der Waals surface area contributed by atoms with Gasteiger partial charge in [-0.2, -0.15) is 10.2 Å². The van der Waals surface area contributed by atoms with Crippen LogP contribution in [0.1, 0.15) is 53.8 Å². The van der Waals surface area contributed by atoms with E-state index in [0.29, 0.717) is 11.6 Å². The van der Waals surface area contributed by atoms with E-state index in [4.69, 9.17) is 26.2 Å². The number of allylic oxidation sites excluding steroid dienone is 1. The predicted molar refractivity (Wildman–Crippen MR) is 141 cm³/mol. The number of aromatic nitrogens is 2. The summed E-state index contributed by atoms with van der Waals surface area (Å²) in [5, 5.41) is 11.3. The Morgan fingerprint density at radius 3 is 2.36 bits per heavy atom. The summed E-state index contributed by atoms with van der Waals surface area (Å²) in [6.07, 6.45) is 6.72. The summed E-state index contributed by atoms with van der Waals surface area (Å²) < 4.78 is 12.3. The normalized spacial score (nSPS) is 20.3. The average Bonchev–Trinajstić information content (AvgIpc) is 3.50. The summed E-state index contributed by atoms with van der Waals surface area (Å²) in [4.78, 5) is 13.8. The van der Waals surface area contributed by atoms with Crippen LogP contribution in [-0.4, -0.2) is 40.6 Å². The summed E-state index contributed by atoms with van der Waals surface area (Å²) in [5.41, 5.74) is 4.41. The van der Waals surface area contributed by atoms with Gasteiger partial charge < -0.3 is 9.47 Å². The summed E-state index contributed by atoms with van der Waals surface area (Å²) in [7, 11) is 3.30. The fourth-order valence-corrected chi connectivity index (χ4v) is 5.25. The van der Waals surface area contributed by atoms with Crippen LogP contribution < -0.4 is 9.47 Å². The van der Waals surface area contributed by atoms with E-state index in [1.807, 2.05) is 55.5 Å². The smallest absolute Gasteiger partial charge is 0.296 e. The van der Waals surface area contributed by atoms with Crippen molar-refractivity contribution in [1.29, 1.82) is 0 Å². The summed E-state index contributed by atoms with van der Waals surface area (Å²) >= 11 is 6.43. The average molecular weight is 505 g/mol. The van der Waals surface area contributed by atoms with Gasteiger partial charge in [-0.15, -0.1) is 0 Å². The molecule has 2 atom stereocenters. The van der Waals surface area contributed by atoms with E-state index >= 15 is 0 Å². The molecule has 8 heteroatoms. The Labute approximate surface area is 216 Å². The van der Waals surface area contributed by atoms with Crippen molar-refractivity contribution in [3.05, 3.63) is 82.1 Å². The Morgan fingerprint density at radius 1 is 1.08 bits per heavy atom. The Balaban J connectivity index is 1.56. The zero-order valence-electron chi connectivity index (χ0n) is 20.6. The Morgan fingerprint density at radius 2 is 1.75 bits per heavy atom. The number of benzene rings is 2. The molecule has 0 unspecified atom stereocenters. The fourth-order valence-electron chi connectivity index (χ4n) is 5.02. The number of hydrogen-bond donors (Lipinski definition) is 0. The molecule has 1 fully saturated rings. The van der Waals surface area contributed by atoms with Crippen molar-refractivity contribution in [2.75, 3.05) is 14.2 Å². The number of hydrazone groups is 1. The van der Waals surface area contributed by atoms with Gasteiger partial charge in [-0.1, -0.05) is 35.9 Å². The number of amides is 1. The number of methoxy groups -OCH3 is 2. The zero-order valence-corrected chi connectivity index (χ0v) is 21.4. The molecular formula is C28H29ClN4O3. The number of ether oxygens (including phenoxy) is 2. The van der Waals surface area contributed by atoms with Crippen molar-refractivity contribution in [2.45, 2.75) is 38.8 Å². The quantitative estimate of drug-likeness (QED) is 0.412. The maximum absolute atomic E-state index is 13.8. The van der Waals surface area contributed by atoms with Crippen molar-refractivity contribution in [3.63, 3.8) is 0 Å². The van der Waals surface area contributed by atoms with E-state index in [2.05, 4.69) is 11.2 Å². The third-order valence-electron chi connectivity index (χ3n) is 6.87. The number of carbonyl (C=O) groups excluding carboxylic acids is 1. The Hall–Kier alpha value is -3.58. The molecule has 1 saturated carbocycles. The van der Waals surface area contributed by atoms with Crippen LogP contribution in [0.5, 0.6) is 11.5 Å². The number of nitrogens with zero attached hydrogens (tertiary/aromatic N) is 4. The van der Waals surface area contributed by atoms with Crippen molar-refractivity contribution in [2.24, 2.45) is 11.0 Å². The summed E-state index contributed by atoms with van der Waals surface area (Å²) in [5.74, 6) is 1.37. The standard InChI is InChI=1S/C28H29ClN4O3/c1-4-32-17-24(29)26(30-32)28(34)33-27(19-10-14-22(36-3)15-11-19)23-7-5-6-20(25(23)31-33)16-18-8-12-21(35-2)13-9-18/h8-17,23,27H,4-7H2,1-3H3/b20-16+/t23-,27-/m0/s1. The number of halogens is 1. The predicted octanol–water partition coefficient (Wildman–Crippen LogP) is 6.01. The molecule has 36 heavy (non-hydrogen) atoms. The molecule has 7 nitrogen and oxygen atoms in total. The number of carbonyl (C=O) groups is 1. The van der Waals surface area contributed by atoms with Crippen LogP contribution in [0.15, 0.2) is 65.4 Å². The van der Waals surface area contributed by atoms with Gasteiger partial charge in [-0.05, 0) is 73.2 Å². The molecule has 2 aliphatic rings. The number of aryl methyl sites for hydroxylation is 1. The van der Waals surface area contributed by atoms with Crippen LogP contribution in [0.3, 0.4) is 0 Å². The first-order valence-corrected chi connectivity index (χ1v) is 12.5. The van der Waals surface area contributed by atoms with Gasteiger partial charge in [0.1, 0.15) is 11.5 Å². The van der Waals surface area contributed by atoms with Crippen LogP contribution in [0, 0.1) is 5.92 Å². The van der Waals surface area contributed by atoms with Gasteiger partial charge >= 0.3 is 0 Å². The monoisotopic (exact) mass is 504 g/mol. The highest BCUT2D eigenvalue weighted by atomic mass is 35.5. The van der Waals surface area contributed by atoms with Gasteiger partial charge in [0.2, 0.25) is 0 Å². The third-order valence-corrected chi connectivity index (χ3v) is 7.14. The summed E-state index contributed by atoms with van der Waals surface area (Å²) in [6, 6.07) is 15.6. The van der Waals surface area contributed by atoms with E-state index in [1.54, 1.807) is 30.1 Å². The van der Waals surface area contributed by atoms with Crippen molar-refractivity contribution < 1.29 is 14.3 Å². The number of hydrogen-bond acceptors (Lipinski definition) is 5. The maximum atomic E-state index is 13.8. The van der Waals surface area contributed by atoms with Gasteiger partial charge in [-0.3, -0.25) is 9.48 Å². The van der Waals surface area contributed by atoms with E-state index in [1.165, 1.54) is 0 Å². The fraction of sp³-hybridized carbons (Fsp3) is 0.321. The molecule has 0 bridgehead atoms. The van der Waals surface area contributed by atoms with Gasteiger partial charge in [0.05, 0.1) is 31.0 Å². The molecule has 0 N–H and O–H groups in total. The van der Waals surface area contributed by atoms with E-state index in [9.17, 15) is 4.79 Å². The molecule has 2 aromatic carbocycles. The van der Waals surface area contributed by atoms with Crippen LogP contribution >= 0.6 is 11.6 Å². The topological polar surface area (TPSA) is 69.0 Å². The minimum absolute atomic E-state index is 0.0765. The van der Waals surface area contributed by atoms with Crippen molar-refractivity contribution >= 4 is 29.3 Å². The van der Waals surface area contributed by atoms with Crippen molar-refractivity contribution in [1.82, 2.24) is 14.8 Å². The lowest BCUT2D eigenvalue weighted by molar-refractivity contribution is 0.0674. The second-order valence-corrected chi connectivity index (χ2v) is 9.38. The van der Waals surface area contributed by atoms with Crippen LogP contribution in [-0.2, 0) is 6.54 Å². The first kappa shape index (κ1) is 24.1. The first-order valence-electron chi connectivity index (χ1n) is 12.2. The molecule has 0 saturated heterocycles. The second-order valence-electron chi connectivity index (χ2n) is 8.98. The highest BCUT2D eigenvalue weighted by Gasteiger charge is 2.44. The van der Waals surface area contributed by atoms with Gasteiger partial charge in [0.25, 0.3) is 5.91 Å². The van der Waals surface area contributed by atoms with E-state index < -0.39 is 0 Å². The Kier molecular flexibility index (Phi) is 6.83. The second kappa shape index (κ2) is 10.2. The molecule has 0 spiro atoms. The highest BCUT2D eigenvalue weighted by molar-refractivity contribution is 6.33. The molecule has 1 aliphatic carbocycles. The third kappa shape index (κ3) is 4.51. The zero-order chi connectivity index (χ0) is 25.2. The molecule has 5 rings (SSSR count). The van der Waals surface area contributed by atoms with Crippen LogP contribution in [0.4, 0.5) is 0 Å². The number of fused-ring (bicyclic) bond motifs is 1. The van der Waals surface area contributed by atoms with Crippen molar-refractivity contribution in [3.8, 4) is 11.5 Å². The number of rotatable bonds is 6. The molecule has 3 aromatic rings. The molecule has 2 heterocycles. The van der Waals surface area contributed by atoms with Crippen LogP contribution in [0.2, 0.25) is 5.02 Å². The lowest BCUT2D eigenvalue weighted by Crippen LogP contribution is -2.32. The first-order chi connectivity index (χ1) is 17.5. The maximum Gasteiger partial charge on any atom is 0.296 e. The molecule has 186 valence electrons. The van der Waals surface area contributed by atoms with Gasteiger partial charge in [0, 0.05) is 18.7 Å².